The summed E-state index contributed by atoms with van der Waals surface area (Å²) in [6, 6.07) is 2.73. The van der Waals surface area contributed by atoms with Crippen LogP contribution in [0.3, 0.4) is 0 Å². The lowest BCUT2D eigenvalue weighted by Gasteiger charge is -2.36. The predicted octanol–water partition coefficient (Wildman–Crippen LogP) is 0.440. The van der Waals surface area contributed by atoms with E-state index in [9.17, 15) is 0 Å². The largest absolute Gasteiger partial charge is 0.314 e. The maximum Gasteiger partial charge on any atom is 0.0669 e. The summed E-state index contributed by atoms with van der Waals surface area (Å²) in [5.74, 6) is 0.137. The summed E-state index contributed by atoms with van der Waals surface area (Å²) in [4.78, 5) is 2.38. The number of likely N-dealkylation sites (N-methyl/N-ethyl adjacent to an activating group) is 1. The fraction of sp³-hybridized carbons (Fsp3) is 0.889. The summed E-state index contributed by atoms with van der Waals surface area (Å²) in [5, 5.41) is 12.1. The van der Waals surface area contributed by atoms with Crippen LogP contribution in [0.25, 0.3) is 0 Å². The van der Waals surface area contributed by atoms with Gasteiger partial charge >= 0.3 is 0 Å². The number of nitrogens with zero attached hydrogens (tertiary/aromatic N) is 2. The fourth-order valence-corrected chi connectivity index (χ4v) is 1.74. The minimum Gasteiger partial charge on any atom is -0.314 e. The third-order valence-electron chi connectivity index (χ3n) is 2.59. The summed E-state index contributed by atoms with van der Waals surface area (Å²) in [5.41, 5.74) is 0. The van der Waals surface area contributed by atoms with Crippen LogP contribution in [0.2, 0.25) is 0 Å². The van der Waals surface area contributed by atoms with Gasteiger partial charge in [0.15, 0.2) is 0 Å². The first-order valence-corrected chi connectivity index (χ1v) is 4.64. The second-order valence-corrected chi connectivity index (χ2v) is 3.32. The van der Waals surface area contributed by atoms with Gasteiger partial charge in [0, 0.05) is 25.7 Å². The van der Waals surface area contributed by atoms with Crippen LogP contribution >= 0.6 is 0 Å². The number of rotatable bonds is 2. The van der Waals surface area contributed by atoms with E-state index < -0.39 is 0 Å². The zero-order chi connectivity index (χ0) is 8.97. The highest BCUT2D eigenvalue weighted by Gasteiger charge is 2.25. The molecule has 0 aromatic rings. The van der Waals surface area contributed by atoms with Gasteiger partial charge in [-0.25, -0.2) is 0 Å². The van der Waals surface area contributed by atoms with Crippen molar-refractivity contribution in [3.63, 3.8) is 0 Å². The SMILES string of the molecule is CCN1CCNCC1C(C)C#N. The monoisotopic (exact) mass is 167 g/mol. The Hall–Kier alpha value is -0.590. The molecule has 1 fully saturated rings. The highest BCUT2D eigenvalue weighted by molar-refractivity contribution is 4.93. The number of nitriles is 1. The molecular weight excluding hydrogens is 150 g/mol. The van der Waals surface area contributed by atoms with Crippen molar-refractivity contribution in [2.45, 2.75) is 19.9 Å². The van der Waals surface area contributed by atoms with Crippen LogP contribution in [0.1, 0.15) is 13.8 Å². The predicted molar refractivity (Wildman–Crippen MR) is 48.7 cm³/mol. The van der Waals surface area contributed by atoms with Crippen LogP contribution in [0.5, 0.6) is 0 Å². The Labute approximate surface area is 74.4 Å². The van der Waals surface area contributed by atoms with Crippen molar-refractivity contribution >= 4 is 0 Å². The lowest BCUT2D eigenvalue weighted by Crippen LogP contribution is -2.53. The molecule has 2 atom stereocenters. The topological polar surface area (TPSA) is 39.1 Å². The van der Waals surface area contributed by atoms with Crippen molar-refractivity contribution in [3.05, 3.63) is 0 Å². The third kappa shape index (κ3) is 1.96. The fourth-order valence-electron chi connectivity index (χ4n) is 1.74. The lowest BCUT2D eigenvalue weighted by molar-refractivity contribution is 0.143. The van der Waals surface area contributed by atoms with Gasteiger partial charge in [0.1, 0.15) is 0 Å². The minimum absolute atomic E-state index is 0.137. The van der Waals surface area contributed by atoms with Crippen LogP contribution < -0.4 is 5.32 Å². The summed E-state index contributed by atoms with van der Waals surface area (Å²) >= 11 is 0. The van der Waals surface area contributed by atoms with Gasteiger partial charge < -0.3 is 5.32 Å². The molecule has 68 valence electrons. The van der Waals surface area contributed by atoms with E-state index in [4.69, 9.17) is 5.26 Å². The number of hydrogen-bond donors (Lipinski definition) is 1. The molecule has 0 aliphatic carbocycles. The van der Waals surface area contributed by atoms with Crippen molar-refractivity contribution in [2.24, 2.45) is 5.92 Å². The molecule has 1 rings (SSSR count). The molecule has 3 heteroatoms. The van der Waals surface area contributed by atoms with Gasteiger partial charge in [-0.15, -0.1) is 0 Å². The molecule has 0 spiro atoms. The van der Waals surface area contributed by atoms with Crippen molar-refractivity contribution in [2.75, 3.05) is 26.2 Å². The number of nitrogens with one attached hydrogen (secondary N) is 1. The van der Waals surface area contributed by atoms with Crippen molar-refractivity contribution in [1.29, 1.82) is 5.26 Å². The normalized spacial score (nSPS) is 27.9. The van der Waals surface area contributed by atoms with E-state index in [-0.39, 0.29) is 5.92 Å². The second kappa shape index (κ2) is 4.44. The number of hydrogen-bond acceptors (Lipinski definition) is 3. The second-order valence-electron chi connectivity index (χ2n) is 3.32. The van der Waals surface area contributed by atoms with Crippen molar-refractivity contribution in [1.82, 2.24) is 10.2 Å². The average Bonchev–Trinajstić information content (AvgIpc) is 2.16. The van der Waals surface area contributed by atoms with Crippen LogP contribution in [0.4, 0.5) is 0 Å². The van der Waals surface area contributed by atoms with Crippen molar-refractivity contribution < 1.29 is 0 Å². The van der Waals surface area contributed by atoms with E-state index in [2.05, 4.69) is 23.2 Å². The van der Waals surface area contributed by atoms with Gasteiger partial charge in [-0.3, -0.25) is 4.90 Å². The standard InChI is InChI=1S/C9H17N3/c1-3-12-5-4-11-7-9(12)8(2)6-10/h8-9,11H,3-5,7H2,1-2H3. The molecule has 3 nitrogen and oxygen atoms in total. The Morgan fingerprint density at radius 1 is 1.75 bits per heavy atom. The number of piperazine rings is 1. The van der Waals surface area contributed by atoms with E-state index in [0.29, 0.717) is 6.04 Å². The smallest absolute Gasteiger partial charge is 0.0669 e. The average molecular weight is 167 g/mol. The summed E-state index contributed by atoms with van der Waals surface area (Å²) in [6.45, 7) is 8.30. The molecule has 1 N–H and O–H groups in total. The van der Waals surface area contributed by atoms with Crippen LogP contribution in [0.15, 0.2) is 0 Å². The molecule has 1 aliphatic rings. The van der Waals surface area contributed by atoms with E-state index >= 15 is 0 Å². The molecule has 0 aromatic heterocycles. The Morgan fingerprint density at radius 2 is 2.50 bits per heavy atom. The molecule has 1 heterocycles. The Morgan fingerprint density at radius 3 is 3.08 bits per heavy atom. The molecule has 12 heavy (non-hydrogen) atoms. The molecule has 0 radical (unpaired) electrons. The molecule has 0 bridgehead atoms. The van der Waals surface area contributed by atoms with Gasteiger partial charge in [-0.2, -0.15) is 5.26 Å². The highest BCUT2D eigenvalue weighted by Crippen LogP contribution is 2.11. The van der Waals surface area contributed by atoms with Gasteiger partial charge in [0.25, 0.3) is 0 Å². The minimum atomic E-state index is 0.137. The first-order chi connectivity index (χ1) is 5.79. The van der Waals surface area contributed by atoms with Crippen LogP contribution in [0, 0.1) is 17.2 Å². The Kier molecular flexibility index (Phi) is 3.51. The highest BCUT2D eigenvalue weighted by atomic mass is 15.2. The van der Waals surface area contributed by atoms with Gasteiger partial charge in [0.2, 0.25) is 0 Å². The molecule has 1 saturated heterocycles. The molecule has 2 unspecified atom stereocenters. The zero-order valence-electron chi connectivity index (χ0n) is 7.88. The molecule has 0 amide bonds. The Bertz CT molecular complexity index is 173. The quantitative estimate of drug-likeness (QED) is 0.648. The molecule has 0 saturated carbocycles. The van der Waals surface area contributed by atoms with Crippen LogP contribution in [-0.2, 0) is 0 Å². The maximum atomic E-state index is 8.80. The van der Waals surface area contributed by atoms with Gasteiger partial charge in [-0.1, -0.05) is 6.92 Å². The summed E-state index contributed by atoms with van der Waals surface area (Å²) in [6.07, 6.45) is 0. The van der Waals surface area contributed by atoms with Crippen molar-refractivity contribution in [3.8, 4) is 6.07 Å². The first kappa shape index (κ1) is 9.50. The molecule has 1 aliphatic heterocycles. The van der Waals surface area contributed by atoms with E-state index in [1.807, 2.05) is 6.92 Å². The van der Waals surface area contributed by atoms with Gasteiger partial charge in [0.05, 0.1) is 12.0 Å². The first-order valence-electron chi connectivity index (χ1n) is 4.64. The summed E-state index contributed by atoms with van der Waals surface area (Å²) in [7, 11) is 0. The zero-order valence-corrected chi connectivity index (χ0v) is 7.88. The Balaban J connectivity index is 2.53. The van der Waals surface area contributed by atoms with Crippen LogP contribution in [-0.4, -0.2) is 37.1 Å². The van der Waals surface area contributed by atoms with E-state index in [1.54, 1.807) is 0 Å². The van der Waals surface area contributed by atoms with E-state index in [0.717, 1.165) is 26.2 Å². The molecular formula is C9H17N3. The molecule has 0 aromatic carbocycles. The van der Waals surface area contributed by atoms with E-state index in [1.165, 1.54) is 0 Å². The third-order valence-corrected chi connectivity index (χ3v) is 2.59. The summed E-state index contributed by atoms with van der Waals surface area (Å²) < 4.78 is 0. The lowest BCUT2D eigenvalue weighted by atomic mass is 10.0. The van der Waals surface area contributed by atoms with Gasteiger partial charge in [-0.05, 0) is 13.5 Å². The maximum absolute atomic E-state index is 8.80.